The van der Waals surface area contributed by atoms with Crippen LogP contribution in [-0.2, 0) is 6.42 Å². The summed E-state index contributed by atoms with van der Waals surface area (Å²) in [7, 11) is 1.72. The van der Waals surface area contributed by atoms with Crippen molar-refractivity contribution < 1.29 is 4.74 Å². The average Bonchev–Trinajstić information content (AvgIpc) is 2.49. The van der Waals surface area contributed by atoms with Gasteiger partial charge in [-0.2, -0.15) is 0 Å². The molecule has 0 saturated carbocycles. The van der Waals surface area contributed by atoms with Crippen molar-refractivity contribution in [3.8, 4) is 5.75 Å². The van der Waals surface area contributed by atoms with Gasteiger partial charge in [0.25, 0.3) is 0 Å². The molecule has 2 aromatic rings. The van der Waals surface area contributed by atoms with Gasteiger partial charge in [-0.25, -0.2) is 4.98 Å². The van der Waals surface area contributed by atoms with Crippen molar-refractivity contribution in [3.05, 3.63) is 52.3 Å². The van der Waals surface area contributed by atoms with E-state index in [1.807, 2.05) is 18.3 Å². The fourth-order valence-corrected chi connectivity index (χ4v) is 2.96. The molecule has 3 rings (SSSR count). The van der Waals surface area contributed by atoms with E-state index in [4.69, 9.17) is 4.74 Å². The average molecular weight is 333 g/mol. The lowest BCUT2D eigenvalue weighted by Crippen LogP contribution is -2.17. The molecule has 4 heteroatoms. The molecule has 1 atom stereocenters. The van der Waals surface area contributed by atoms with Crippen molar-refractivity contribution in [2.75, 3.05) is 12.4 Å². The second kappa shape index (κ2) is 5.83. The predicted octanol–water partition coefficient (Wildman–Crippen LogP) is 4.34. The van der Waals surface area contributed by atoms with Gasteiger partial charge < -0.3 is 10.1 Å². The lowest BCUT2D eigenvalue weighted by Gasteiger charge is -2.27. The SMILES string of the molecule is COc1ccc2c(c1)CCCC2Nc1ccc(Br)nc1. The minimum atomic E-state index is 0.354. The molecule has 3 nitrogen and oxygen atoms in total. The molecular weight excluding hydrogens is 316 g/mol. The summed E-state index contributed by atoms with van der Waals surface area (Å²) in [4.78, 5) is 4.26. The van der Waals surface area contributed by atoms with Crippen LogP contribution in [0.25, 0.3) is 0 Å². The number of fused-ring (bicyclic) bond motifs is 1. The molecule has 0 saturated heterocycles. The maximum atomic E-state index is 5.31. The Balaban J connectivity index is 1.84. The van der Waals surface area contributed by atoms with E-state index in [0.29, 0.717) is 6.04 Å². The highest BCUT2D eigenvalue weighted by Crippen LogP contribution is 2.34. The van der Waals surface area contributed by atoms with Gasteiger partial charge in [-0.3, -0.25) is 0 Å². The molecule has 1 heterocycles. The van der Waals surface area contributed by atoms with E-state index in [0.717, 1.165) is 28.9 Å². The van der Waals surface area contributed by atoms with Crippen LogP contribution >= 0.6 is 15.9 Å². The van der Waals surface area contributed by atoms with Crippen LogP contribution in [0.4, 0.5) is 5.69 Å². The Hall–Kier alpha value is -1.55. The van der Waals surface area contributed by atoms with E-state index >= 15 is 0 Å². The van der Waals surface area contributed by atoms with Gasteiger partial charge in [0, 0.05) is 0 Å². The molecule has 0 radical (unpaired) electrons. The third-order valence-corrected chi connectivity index (χ3v) is 4.20. The quantitative estimate of drug-likeness (QED) is 0.849. The number of hydrogen-bond acceptors (Lipinski definition) is 3. The number of rotatable bonds is 3. The molecule has 0 aliphatic heterocycles. The van der Waals surface area contributed by atoms with Crippen molar-refractivity contribution in [3.63, 3.8) is 0 Å². The molecule has 0 fully saturated rings. The van der Waals surface area contributed by atoms with Gasteiger partial charge in [-0.1, -0.05) is 6.07 Å². The molecule has 1 aliphatic rings. The Morgan fingerprint density at radius 3 is 2.95 bits per heavy atom. The number of aromatic nitrogens is 1. The van der Waals surface area contributed by atoms with Crippen molar-refractivity contribution in [1.29, 1.82) is 0 Å². The van der Waals surface area contributed by atoms with Gasteiger partial charge in [-0.15, -0.1) is 0 Å². The van der Waals surface area contributed by atoms with E-state index in [2.05, 4.69) is 44.4 Å². The summed E-state index contributed by atoms with van der Waals surface area (Å²) in [5.41, 5.74) is 3.82. The second-order valence-corrected chi connectivity index (χ2v) is 5.84. The van der Waals surface area contributed by atoms with Crippen molar-refractivity contribution >= 4 is 21.6 Å². The third-order valence-electron chi connectivity index (χ3n) is 3.73. The van der Waals surface area contributed by atoms with Gasteiger partial charge in [0.1, 0.15) is 10.4 Å². The maximum absolute atomic E-state index is 5.31. The summed E-state index contributed by atoms with van der Waals surface area (Å²) in [5, 5.41) is 3.58. The zero-order chi connectivity index (χ0) is 13.9. The van der Waals surface area contributed by atoms with Gasteiger partial charge in [-0.05, 0) is 70.6 Å². The Bertz CT molecular complexity index is 598. The number of nitrogens with zero attached hydrogens (tertiary/aromatic N) is 1. The summed E-state index contributed by atoms with van der Waals surface area (Å²) in [6.45, 7) is 0. The van der Waals surface area contributed by atoms with Crippen LogP contribution < -0.4 is 10.1 Å². The van der Waals surface area contributed by atoms with Crippen molar-refractivity contribution in [2.24, 2.45) is 0 Å². The molecule has 1 aromatic heterocycles. The highest BCUT2D eigenvalue weighted by atomic mass is 79.9. The summed E-state index contributed by atoms with van der Waals surface area (Å²) in [6.07, 6.45) is 5.34. The zero-order valence-electron chi connectivity index (χ0n) is 11.4. The van der Waals surface area contributed by atoms with Crippen LogP contribution in [-0.4, -0.2) is 12.1 Å². The fraction of sp³-hybridized carbons (Fsp3) is 0.312. The number of aryl methyl sites for hydroxylation is 1. The molecule has 1 aliphatic carbocycles. The van der Waals surface area contributed by atoms with Gasteiger partial charge >= 0.3 is 0 Å². The number of pyridine rings is 1. The van der Waals surface area contributed by atoms with Crippen LogP contribution in [0.1, 0.15) is 30.0 Å². The standard InChI is InChI=1S/C16H17BrN2O/c1-20-13-6-7-14-11(9-13)3-2-4-15(14)19-12-5-8-16(17)18-10-12/h5-10,15,19H,2-4H2,1H3. The lowest BCUT2D eigenvalue weighted by atomic mass is 9.87. The maximum Gasteiger partial charge on any atom is 0.119 e. The molecule has 0 bridgehead atoms. The first kappa shape index (κ1) is 13.4. The minimum absolute atomic E-state index is 0.354. The Labute approximate surface area is 127 Å². The Morgan fingerprint density at radius 2 is 2.20 bits per heavy atom. The molecule has 20 heavy (non-hydrogen) atoms. The molecule has 1 unspecified atom stereocenters. The number of anilines is 1. The number of methoxy groups -OCH3 is 1. The third kappa shape index (κ3) is 2.80. The van der Waals surface area contributed by atoms with Gasteiger partial charge in [0.15, 0.2) is 0 Å². The van der Waals surface area contributed by atoms with Crippen molar-refractivity contribution in [2.45, 2.75) is 25.3 Å². The normalized spacial score (nSPS) is 17.4. The zero-order valence-corrected chi connectivity index (χ0v) is 13.0. The number of halogens is 1. The number of hydrogen-bond donors (Lipinski definition) is 1. The van der Waals surface area contributed by atoms with Crippen molar-refractivity contribution in [1.82, 2.24) is 4.98 Å². The highest BCUT2D eigenvalue weighted by molar-refractivity contribution is 9.10. The minimum Gasteiger partial charge on any atom is -0.497 e. The summed E-state index contributed by atoms with van der Waals surface area (Å²) in [6, 6.07) is 10.7. The number of ether oxygens (including phenoxy) is 1. The van der Waals surface area contributed by atoms with Crippen LogP contribution in [0.2, 0.25) is 0 Å². The van der Waals surface area contributed by atoms with E-state index in [-0.39, 0.29) is 0 Å². The van der Waals surface area contributed by atoms with Crippen LogP contribution in [0, 0.1) is 0 Å². The molecule has 104 valence electrons. The van der Waals surface area contributed by atoms with Crippen LogP contribution in [0.15, 0.2) is 41.1 Å². The Morgan fingerprint density at radius 1 is 1.30 bits per heavy atom. The van der Waals surface area contributed by atoms with E-state index in [1.165, 1.54) is 17.5 Å². The van der Waals surface area contributed by atoms with Crippen LogP contribution in [0.5, 0.6) is 5.75 Å². The smallest absolute Gasteiger partial charge is 0.119 e. The fourth-order valence-electron chi connectivity index (χ4n) is 2.73. The first-order valence-corrected chi connectivity index (χ1v) is 7.60. The van der Waals surface area contributed by atoms with Gasteiger partial charge in [0.05, 0.1) is 25.0 Å². The van der Waals surface area contributed by atoms with Crippen LogP contribution in [0.3, 0.4) is 0 Å². The van der Waals surface area contributed by atoms with E-state index in [1.54, 1.807) is 7.11 Å². The number of benzene rings is 1. The van der Waals surface area contributed by atoms with E-state index < -0.39 is 0 Å². The lowest BCUT2D eigenvalue weighted by molar-refractivity contribution is 0.413. The second-order valence-electron chi connectivity index (χ2n) is 5.02. The highest BCUT2D eigenvalue weighted by Gasteiger charge is 2.20. The molecular formula is C16H17BrN2O. The topological polar surface area (TPSA) is 34.1 Å². The summed E-state index contributed by atoms with van der Waals surface area (Å²) in [5.74, 6) is 0.940. The largest absolute Gasteiger partial charge is 0.497 e. The predicted molar refractivity (Wildman–Crippen MR) is 84.2 cm³/mol. The molecule has 0 amide bonds. The first-order valence-electron chi connectivity index (χ1n) is 6.81. The monoisotopic (exact) mass is 332 g/mol. The first-order chi connectivity index (χ1) is 9.76. The number of nitrogens with one attached hydrogen (secondary N) is 1. The van der Waals surface area contributed by atoms with Gasteiger partial charge in [0.2, 0.25) is 0 Å². The summed E-state index contributed by atoms with van der Waals surface area (Å²) >= 11 is 3.36. The van der Waals surface area contributed by atoms with E-state index in [9.17, 15) is 0 Å². The summed E-state index contributed by atoms with van der Waals surface area (Å²) < 4.78 is 6.17. The Kier molecular flexibility index (Phi) is 3.92. The molecule has 0 spiro atoms. The molecule has 1 aromatic carbocycles. The molecule has 1 N–H and O–H groups in total.